The van der Waals surface area contributed by atoms with Crippen LogP contribution in [0.3, 0.4) is 0 Å². The molecule has 1 heterocycles. The van der Waals surface area contributed by atoms with Gasteiger partial charge in [0.25, 0.3) is 5.56 Å². The van der Waals surface area contributed by atoms with E-state index in [0.29, 0.717) is 23.0 Å². The Bertz CT molecular complexity index is 1020. The molecular weight excluding hydrogens is 342 g/mol. The second kappa shape index (κ2) is 7.86. The number of rotatable bonds is 5. The van der Waals surface area contributed by atoms with Crippen molar-refractivity contribution in [3.63, 3.8) is 0 Å². The van der Waals surface area contributed by atoms with Crippen molar-refractivity contribution in [3.05, 3.63) is 76.2 Å². The van der Waals surface area contributed by atoms with E-state index in [1.165, 1.54) is 17.7 Å². The number of methoxy groups -OCH3 is 1. The van der Waals surface area contributed by atoms with Crippen molar-refractivity contribution in [1.82, 2.24) is 9.55 Å². The zero-order valence-electron chi connectivity index (χ0n) is 15.5. The zero-order valence-corrected chi connectivity index (χ0v) is 15.5. The SMILES string of the molecule is COc1ccccc1NC(=O)Cn1c(-c2ccc(C)cc2)nc(C)cc1=O. The number of para-hydroxylation sites is 2. The molecule has 3 rings (SSSR count). The maximum absolute atomic E-state index is 12.6. The van der Waals surface area contributed by atoms with Crippen LogP contribution in [0, 0.1) is 13.8 Å². The number of aromatic nitrogens is 2. The fourth-order valence-electron chi connectivity index (χ4n) is 2.78. The molecule has 0 aliphatic carbocycles. The minimum absolute atomic E-state index is 0.145. The first-order valence-electron chi connectivity index (χ1n) is 8.56. The van der Waals surface area contributed by atoms with E-state index in [4.69, 9.17) is 4.74 Å². The molecule has 0 atom stereocenters. The molecule has 1 aromatic heterocycles. The van der Waals surface area contributed by atoms with Crippen LogP contribution in [0.15, 0.2) is 59.4 Å². The third-order valence-corrected chi connectivity index (χ3v) is 4.13. The van der Waals surface area contributed by atoms with E-state index in [2.05, 4.69) is 10.3 Å². The first-order valence-corrected chi connectivity index (χ1v) is 8.56. The van der Waals surface area contributed by atoms with Gasteiger partial charge in [-0.15, -0.1) is 0 Å². The van der Waals surface area contributed by atoms with Gasteiger partial charge in [-0.25, -0.2) is 4.98 Å². The zero-order chi connectivity index (χ0) is 19.4. The molecule has 0 aliphatic rings. The van der Waals surface area contributed by atoms with Crippen LogP contribution in [0.4, 0.5) is 5.69 Å². The van der Waals surface area contributed by atoms with Crippen molar-refractivity contribution >= 4 is 11.6 Å². The maximum atomic E-state index is 12.6. The highest BCUT2D eigenvalue weighted by Crippen LogP contribution is 2.23. The van der Waals surface area contributed by atoms with Crippen molar-refractivity contribution in [1.29, 1.82) is 0 Å². The van der Waals surface area contributed by atoms with E-state index in [-0.39, 0.29) is 18.0 Å². The number of nitrogens with one attached hydrogen (secondary N) is 1. The molecule has 1 amide bonds. The third kappa shape index (κ3) is 4.23. The number of amides is 1. The molecule has 0 bridgehead atoms. The number of benzene rings is 2. The van der Waals surface area contributed by atoms with Crippen molar-refractivity contribution in [2.75, 3.05) is 12.4 Å². The molecule has 6 heteroatoms. The van der Waals surface area contributed by atoms with Crippen LogP contribution < -0.4 is 15.6 Å². The van der Waals surface area contributed by atoms with Crippen molar-refractivity contribution in [2.24, 2.45) is 0 Å². The number of hydrogen-bond acceptors (Lipinski definition) is 4. The summed E-state index contributed by atoms with van der Waals surface area (Å²) in [6.07, 6.45) is 0. The Labute approximate surface area is 157 Å². The average molecular weight is 363 g/mol. The topological polar surface area (TPSA) is 73.2 Å². The summed E-state index contributed by atoms with van der Waals surface area (Å²) >= 11 is 0. The molecule has 0 unspecified atom stereocenters. The molecule has 2 aromatic carbocycles. The molecule has 3 aromatic rings. The molecule has 0 fully saturated rings. The minimum atomic E-state index is -0.333. The normalized spacial score (nSPS) is 10.5. The quantitative estimate of drug-likeness (QED) is 0.756. The Kier molecular flexibility index (Phi) is 5.35. The Morgan fingerprint density at radius 3 is 2.52 bits per heavy atom. The van der Waals surface area contributed by atoms with Crippen LogP contribution in [0.2, 0.25) is 0 Å². The lowest BCUT2D eigenvalue weighted by Gasteiger charge is -2.14. The van der Waals surface area contributed by atoms with Gasteiger partial charge in [0.05, 0.1) is 12.8 Å². The van der Waals surface area contributed by atoms with Gasteiger partial charge < -0.3 is 10.1 Å². The van der Waals surface area contributed by atoms with Crippen LogP contribution in [-0.4, -0.2) is 22.6 Å². The van der Waals surface area contributed by atoms with Crippen LogP contribution in [0.25, 0.3) is 11.4 Å². The first kappa shape index (κ1) is 18.4. The Balaban J connectivity index is 1.93. The van der Waals surface area contributed by atoms with E-state index >= 15 is 0 Å². The van der Waals surface area contributed by atoms with Crippen molar-refractivity contribution in [2.45, 2.75) is 20.4 Å². The second-order valence-corrected chi connectivity index (χ2v) is 6.26. The molecule has 0 spiro atoms. The molecule has 0 saturated heterocycles. The first-order chi connectivity index (χ1) is 13.0. The van der Waals surface area contributed by atoms with E-state index in [1.807, 2.05) is 37.3 Å². The van der Waals surface area contributed by atoms with E-state index in [1.54, 1.807) is 25.1 Å². The van der Waals surface area contributed by atoms with Crippen LogP contribution >= 0.6 is 0 Å². The maximum Gasteiger partial charge on any atom is 0.254 e. The number of nitrogens with zero attached hydrogens (tertiary/aromatic N) is 2. The summed E-state index contributed by atoms with van der Waals surface area (Å²) in [5.41, 5.74) is 2.78. The summed E-state index contributed by atoms with van der Waals surface area (Å²) in [6.45, 7) is 3.60. The van der Waals surface area contributed by atoms with Gasteiger partial charge in [-0.05, 0) is 26.0 Å². The number of carbonyl (C=O) groups excluding carboxylic acids is 1. The molecule has 138 valence electrons. The van der Waals surface area contributed by atoms with Gasteiger partial charge in [0, 0.05) is 17.3 Å². The molecule has 1 N–H and O–H groups in total. The highest BCUT2D eigenvalue weighted by atomic mass is 16.5. The van der Waals surface area contributed by atoms with Crippen LogP contribution in [0.5, 0.6) is 5.75 Å². The molecule has 0 saturated carbocycles. The lowest BCUT2D eigenvalue weighted by atomic mass is 10.1. The highest BCUT2D eigenvalue weighted by molar-refractivity contribution is 5.92. The number of ether oxygens (including phenoxy) is 1. The fourth-order valence-corrected chi connectivity index (χ4v) is 2.78. The van der Waals surface area contributed by atoms with Gasteiger partial charge in [-0.2, -0.15) is 0 Å². The lowest BCUT2D eigenvalue weighted by molar-refractivity contribution is -0.116. The van der Waals surface area contributed by atoms with Gasteiger partial charge >= 0.3 is 0 Å². The molecular formula is C21H21N3O3. The third-order valence-electron chi connectivity index (χ3n) is 4.13. The Morgan fingerprint density at radius 2 is 1.81 bits per heavy atom. The predicted octanol–water partition coefficient (Wildman–Crippen LogP) is 3.17. The van der Waals surface area contributed by atoms with Crippen molar-refractivity contribution in [3.8, 4) is 17.1 Å². The number of carbonyl (C=O) groups is 1. The van der Waals surface area contributed by atoms with Crippen LogP contribution in [-0.2, 0) is 11.3 Å². The van der Waals surface area contributed by atoms with Gasteiger partial charge in [0.1, 0.15) is 18.1 Å². The summed E-state index contributed by atoms with van der Waals surface area (Å²) in [5.74, 6) is 0.690. The standard InChI is InChI=1S/C21H21N3O3/c1-14-8-10-16(11-9-14)21-22-15(2)12-20(26)24(21)13-19(25)23-17-6-4-5-7-18(17)27-3/h4-12H,13H2,1-3H3,(H,23,25). The summed E-state index contributed by atoms with van der Waals surface area (Å²) < 4.78 is 6.62. The Hall–Kier alpha value is -3.41. The lowest BCUT2D eigenvalue weighted by Crippen LogP contribution is -2.29. The predicted molar refractivity (Wildman–Crippen MR) is 105 cm³/mol. The number of aryl methyl sites for hydroxylation is 2. The average Bonchev–Trinajstić information content (AvgIpc) is 2.65. The van der Waals surface area contributed by atoms with Gasteiger partial charge in [0.15, 0.2) is 0 Å². The Morgan fingerprint density at radius 1 is 1.11 bits per heavy atom. The second-order valence-electron chi connectivity index (χ2n) is 6.26. The monoisotopic (exact) mass is 363 g/mol. The fraction of sp³-hybridized carbons (Fsp3) is 0.190. The highest BCUT2D eigenvalue weighted by Gasteiger charge is 2.14. The van der Waals surface area contributed by atoms with Gasteiger partial charge in [0.2, 0.25) is 5.91 Å². The minimum Gasteiger partial charge on any atom is -0.495 e. The van der Waals surface area contributed by atoms with E-state index in [0.717, 1.165) is 11.1 Å². The van der Waals surface area contributed by atoms with Gasteiger partial charge in [-0.1, -0.05) is 42.0 Å². The van der Waals surface area contributed by atoms with Crippen LogP contribution in [0.1, 0.15) is 11.3 Å². The summed E-state index contributed by atoms with van der Waals surface area (Å²) in [7, 11) is 1.54. The molecule has 0 radical (unpaired) electrons. The number of hydrogen-bond donors (Lipinski definition) is 1. The van der Waals surface area contributed by atoms with Crippen molar-refractivity contribution < 1.29 is 9.53 Å². The summed E-state index contributed by atoms with van der Waals surface area (Å²) in [4.78, 5) is 29.6. The molecule has 6 nitrogen and oxygen atoms in total. The summed E-state index contributed by atoms with van der Waals surface area (Å²) in [5, 5.41) is 2.79. The molecule has 0 aliphatic heterocycles. The summed E-state index contributed by atoms with van der Waals surface area (Å²) in [6, 6.07) is 16.2. The largest absolute Gasteiger partial charge is 0.495 e. The molecule has 27 heavy (non-hydrogen) atoms. The van der Waals surface area contributed by atoms with E-state index in [9.17, 15) is 9.59 Å². The smallest absolute Gasteiger partial charge is 0.254 e. The van der Waals surface area contributed by atoms with Gasteiger partial charge in [-0.3, -0.25) is 14.2 Å². The number of anilines is 1. The van der Waals surface area contributed by atoms with E-state index < -0.39 is 0 Å².